The lowest BCUT2D eigenvalue weighted by molar-refractivity contribution is 0.325. The topological polar surface area (TPSA) is 12.0 Å². The Morgan fingerprint density at radius 1 is 1.13 bits per heavy atom. The molecule has 2 rings (SSSR count). The molecule has 1 N–H and O–H groups in total. The smallest absolute Gasteiger partial charge is 0.0186 e. The zero-order valence-electron chi connectivity index (χ0n) is 10.2. The third kappa shape index (κ3) is 3.13. The molecule has 1 aliphatic heterocycles. The predicted molar refractivity (Wildman–Crippen MR) is 69.5 cm³/mol. The molecule has 0 spiro atoms. The van der Waals surface area contributed by atoms with Gasteiger partial charge in [-0.1, -0.05) is 19.8 Å². The fraction of sp³-hybridized carbons (Fsp3) is 1.00. The Kier molecular flexibility index (Phi) is 4.39. The van der Waals surface area contributed by atoms with Crippen molar-refractivity contribution >= 4 is 11.8 Å². The fourth-order valence-electron chi connectivity index (χ4n) is 3.07. The standard InChI is InChI=1S/C13H25NS/c1-10(12-6-3-4-7-12)14-13-8-5-9-15-11(13)2/h10-14H,3-9H2,1-2H3/t10-,11?,13?/m1/s1. The van der Waals surface area contributed by atoms with Gasteiger partial charge in [0.2, 0.25) is 0 Å². The van der Waals surface area contributed by atoms with Crippen molar-refractivity contribution in [1.82, 2.24) is 5.32 Å². The number of nitrogens with one attached hydrogen (secondary N) is 1. The van der Waals surface area contributed by atoms with Gasteiger partial charge in [0.25, 0.3) is 0 Å². The van der Waals surface area contributed by atoms with Crippen LogP contribution in [0.15, 0.2) is 0 Å². The number of hydrogen-bond acceptors (Lipinski definition) is 2. The molecule has 15 heavy (non-hydrogen) atoms. The summed E-state index contributed by atoms with van der Waals surface area (Å²) in [4.78, 5) is 0. The molecule has 2 heteroatoms. The molecule has 1 saturated heterocycles. The summed E-state index contributed by atoms with van der Waals surface area (Å²) in [7, 11) is 0. The quantitative estimate of drug-likeness (QED) is 0.792. The Bertz CT molecular complexity index is 189. The average Bonchev–Trinajstić information content (AvgIpc) is 2.74. The molecular formula is C13H25NS. The minimum atomic E-state index is 0.749. The lowest BCUT2D eigenvalue weighted by Crippen LogP contribution is -2.46. The molecule has 0 aromatic heterocycles. The maximum atomic E-state index is 3.89. The summed E-state index contributed by atoms with van der Waals surface area (Å²) >= 11 is 2.15. The largest absolute Gasteiger partial charge is 0.310 e. The van der Waals surface area contributed by atoms with Gasteiger partial charge in [-0.25, -0.2) is 0 Å². The van der Waals surface area contributed by atoms with Gasteiger partial charge in [0, 0.05) is 17.3 Å². The van der Waals surface area contributed by atoms with E-state index in [4.69, 9.17) is 0 Å². The van der Waals surface area contributed by atoms with Crippen molar-refractivity contribution < 1.29 is 0 Å². The second kappa shape index (κ2) is 5.58. The summed E-state index contributed by atoms with van der Waals surface area (Å²) in [5.74, 6) is 2.33. The lowest BCUT2D eigenvalue weighted by Gasteiger charge is -2.33. The average molecular weight is 227 g/mol. The summed E-state index contributed by atoms with van der Waals surface area (Å²) in [6, 6.07) is 1.53. The minimum absolute atomic E-state index is 0.749. The van der Waals surface area contributed by atoms with E-state index in [0.717, 1.165) is 23.3 Å². The molecule has 88 valence electrons. The SMILES string of the molecule is CC1SCCCC1N[C@H](C)C1CCCC1. The van der Waals surface area contributed by atoms with Gasteiger partial charge in [-0.3, -0.25) is 0 Å². The molecule has 1 aliphatic carbocycles. The van der Waals surface area contributed by atoms with E-state index in [1.807, 2.05) is 0 Å². The summed E-state index contributed by atoms with van der Waals surface area (Å²) in [6.07, 6.45) is 8.65. The van der Waals surface area contributed by atoms with Crippen LogP contribution in [0, 0.1) is 5.92 Å². The number of hydrogen-bond donors (Lipinski definition) is 1. The van der Waals surface area contributed by atoms with E-state index in [-0.39, 0.29) is 0 Å². The first-order chi connectivity index (χ1) is 7.27. The van der Waals surface area contributed by atoms with Crippen molar-refractivity contribution in [2.24, 2.45) is 5.92 Å². The van der Waals surface area contributed by atoms with Gasteiger partial charge in [0.15, 0.2) is 0 Å². The van der Waals surface area contributed by atoms with Gasteiger partial charge in [0.05, 0.1) is 0 Å². The summed E-state index contributed by atoms with van der Waals surface area (Å²) in [5.41, 5.74) is 0. The first-order valence-electron chi connectivity index (χ1n) is 6.65. The molecule has 2 unspecified atom stereocenters. The second-order valence-corrected chi connectivity index (χ2v) is 6.81. The molecule has 0 aromatic rings. The van der Waals surface area contributed by atoms with Crippen LogP contribution in [0.5, 0.6) is 0 Å². The summed E-state index contributed by atoms with van der Waals surface area (Å²) < 4.78 is 0. The molecule has 2 fully saturated rings. The highest BCUT2D eigenvalue weighted by Gasteiger charge is 2.27. The zero-order chi connectivity index (χ0) is 10.7. The highest BCUT2D eigenvalue weighted by Crippen LogP contribution is 2.30. The minimum Gasteiger partial charge on any atom is -0.310 e. The van der Waals surface area contributed by atoms with E-state index >= 15 is 0 Å². The Balaban J connectivity index is 1.78. The van der Waals surface area contributed by atoms with Crippen LogP contribution in [0.1, 0.15) is 52.4 Å². The molecule has 0 bridgehead atoms. The van der Waals surface area contributed by atoms with Crippen LogP contribution in [0.4, 0.5) is 0 Å². The summed E-state index contributed by atoms with van der Waals surface area (Å²) in [6.45, 7) is 4.80. The molecule has 3 atom stereocenters. The van der Waals surface area contributed by atoms with E-state index in [1.54, 1.807) is 0 Å². The van der Waals surface area contributed by atoms with Crippen LogP contribution >= 0.6 is 11.8 Å². The van der Waals surface area contributed by atoms with E-state index < -0.39 is 0 Å². The molecule has 0 amide bonds. The molecule has 1 saturated carbocycles. The highest BCUT2D eigenvalue weighted by molar-refractivity contribution is 7.99. The number of rotatable bonds is 3. The van der Waals surface area contributed by atoms with Gasteiger partial charge in [-0.2, -0.15) is 11.8 Å². The van der Waals surface area contributed by atoms with Crippen molar-refractivity contribution in [3.05, 3.63) is 0 Å². The molecular weight excluding hydrogens is 202 g/mol. The molecule has 1 nitrogen and oxygen atoms in total. The van der Waals surface area contributed by atoms with Crippen molar-refractivity contribution in [2.75, 3.05) is 5.75 Å². The molecule has 2 aliphatic rings. The van der Waals surface area contributed by atoms with Gasteiger partial charge in [-0.15, -0.1) is 0 Å². The third-order valence-corrected chi connectivity index (χ3v) is 5.57. The Hall–Kier alpha value is 0.310. The lowest BCUT2D eigenvalue weighted by atomic mass is 9.97. The Morgan fingerprint density at radius 3 is 2.53 bits per heavy atom. The maximum absolute atomic E-state index is 3.89. The van der Waals surface area contributed by atoms with Crippen LogP contribution in [0.3, 0.4) is 0 Å². The van der Waals surface area contributed by atoms with E-state index in [9.17, 15) is 0 Å². The first kappa shape index (κ1) is 11.8. The Morgan fingerprint density at radius 2 is 1.87 bits per heavy atom. The van der Waals surface area contributed by atoms with Gasteiger partial charge >= 0.3 is 0 Å². The van der Waals surface area contributed by atoms with Crippen LogP contribution in [-0.4, -0.2) is 23.1 Å². The third-order valence-electron chi connectivity index (χ3n) is 4.19. The van der Waals surface area contributed by atoms with Crippen molar-refractivity contribution in [3.63, 3.8) is 0 Å². The van der Waals surface area contributed by atoms with Crippen molar-refractivity contribution in [2.45, 2.75) is 69.7 Å². The first-order valence-corrected chi connectivity index (χ1v) is 7.70. The van der Waals surface area contributed by atoms with Crippen molar-refractivity contribution in [1.29, 1.82) is 0 Å². The monoisotopic (exact) mass is 227 g/mol. The normalized spacial score (nSPS) is 35.6. The number of thioether (sulfide) groups is 1. The van der Waals surface area contributed by atoms with E-state index in [2.05, 4.69) is 30.9 Å². The Labute approximate surface area is 98.8 Å². The predicted octanol–water partition coefficient (Wildman–Crippen LogP) is 3.44. The van der Waals surface area contributed by atoms with Crippen LogP contribution in [0.2, 0.25) is 0 Å². The maximum Gasteiger partial charge on any atom is 0.0186 e. The van der Waals surface area contributed by atoms with E-state index in [1.165, 1.54) is 44.3 Å². The van der Waals surface area contributed by atoms with Gasteiger partial charge in [-0.05, 0) is 44.3 Å². The summed E-state index contributed by atoms with van der Waals surface area (Å²) in [5, 5.41) is 4.71. The fourth-order valence-corrected chi connectivity index (χ4v) is 4.23. The van der Waals surface area contributed by atoms with Gasteiger partial charge in [0.1, 0.15) is 0 Å². The van der Waals surface area contributed by atoms with Crippen LogP contribution < -0.4 is 5.32 Å². The van der Waals surface area contributed by atoms with Crippen molar-refractivity contribution in [3.8, 4) is 0 Å². The highest BCUT2D eigenvalue weighted by atomic mass is 32.2. The van der Waals surface area contributed by atoms with Crippen LogP contribution in [-0.2, 0) is 0 Å². The second-order valence-electron chi connectivity index (χ2n) is 5.32. The molecule has 0 radical (unpaired) electrons. The zero-order valence-corrected chi connectivity index (χ0v) is 11.0. The molecule has 0 aromatic carbocycles. The van der Waals surface area contributed by atoms with Crippen LogP contribution in [0.25, 0.3) is 0 Å². The van der Waals surface area contributed by atoms with E-state index in [0.29, 0.717) is 0 Å². The van der Waals surface area contributed by atoms with Gasteiger partial charge < -0.3 is 5.32 Å². The molecule has 1 heterocycles.